The van der Waals surface area contributed by atoms with E-state index in [0.717, 1.165) is 12.3 Å². The quantitative estimate of drug-likeness (QED) is 0.841. The van der Waals surface area contributed by atoms with Crippen molar-refractivity contribution >= 4 is 0 Å². The molecule has 0 bridgehead atoms. The number of hydrogen-bond donors (Lipinski definition) is 1. The molecule has 2 rings (SSSR count). The Morgan fingerprint density at radius 1 is 1.25 bits per heavy atom. The number of ether oxygens (including phenoxy) is 1. The van der Waals surface area contributed by atoms with Crippen molar-refractivity contribution < 1.29 is 9.26 Å². The average molecular weight is 275 g/mol. The van der Waals surface area contributed by atoms with Gasteiger partial charge in [-0.1, -0.05) is 30.3 Å². The predicted molar refractivity (Wildman–Crippen MR) is 76.6 cm³/mol. The molecule has 0 amide bonds. The molecule has 1 heterocycles. The second-order valence-corrected chi connectivity index (χ2v) is 5.08. The summed E-state index contributed by atoms with van der Waals surface area (Å²) in [5, 5.41) is 7.30. The number of hydrogen-bond acceptors (Lipinski definition) is 5. The van der Waals surface area contributed by atoms with Crippen LogP contribution >= 0.6 is 0 Å². The molecule has 0 fully saturated rings. The van der Waals surface area contributed by atoms with Crippen LogP contribution in [0.5, 0.6) is 5.75 Å². The molecule has 0 saturated carbocycles. The van der Waals surface area contributed by atoms with Gasteiger partial charge in [-0.25, -0.2) is 0 Å². The van der Waals surface area contributed by atoms with Gasteiger partial charge in [0.05, 0.1) is 12.1 Å². The molecule has 2 aromatic rings. The molecule has 0 spiro atoms. The van der Waals surface area contributed by atoms with Crippen LogP contribution < -0.4 is 10.1 Å². The highest BCUT2D eigenvalue weighted by molar-refractivity contribution is 5.20. The summed E-state index contributed by atoms with van der Waals surface area (Å²) in [6, 6.07) is 9.70. The fourth-order valence-electron chi connectivity index (χ4n) is 1.90. The maximum Gasteiger partial charge on any atom is 0.246 e. The molecule has 0 unspecified atom stereocenters. The van der Waals surface area contributed by atoms with Gasteiger partial charge >= 0.3 is 0 Å². The topological polar surface area (TPSA) is 60.2 Å². The Morgan fingerprint density at radius 3 is 2.70 bits per heavy atom. The first kappa shape index (κ1) is 14.5. The summed E-state index contributed by atoms with van der Waals surface area (Å²) < 4.78 is 10.9. The number of rotatable bonds is 7. The Morgan fingerprint density at radius 2 is 2.00 bits per heavy atom. The molecule has 0 radical (unpaired) electrons. The molecule has 5 nitrogen and oxygen atoms in total. The number of nitrogens with one attached hydrogen (secondary N) is 1. The fourth-order valence-corrected chi connectivity index (χ4v) is 1.90. The minimum absolute atomic E-state index is 0.305. The van der Waals surface area contributed by atoms with Gasteiger partial charge in [0.15, 0.2) is 5.82 Å². The van der Waals surface area contributed by atoms with Crippen LogP contribution in [-0.2, 0) is 12.0 Å². The Hall–Kier alpha value is -1.88. The van der Waals surface area contributed by atoms with E-state index in [1.54, 1.807) is 0 Å². The van der Waals surface area contributed by atoms with Crippen LogP contribution in [0.3, 0.4) is 0 Å². The Labute approximate surface area is 119 Å². The van der Waals surface area contributed by atoms with Crippen molar-refractivity contribution in [1.29, 1.82) is 0 Å². The van der Waals surface area contributed by atoms with E-state index < -0.39 is 0 Å². The van der Waals surface area contributed by atoms with E-state index in [0.29, 0.717) is 24.7 Å². The van der Waals surface area contributed by atoms with Gasteiger partial charge in [0.1, 0.15) is 5.75 Å². The summed E-state index contributed by atoms with van der Waals surface area (Å²) in [5.41, 5.74) is -0.305. The molecule has 108 valence electrons. The second-order valence-electron chi connectivity index (χ2n) is 5.08. The van der Waals surface area contributed by atoms with Gasteiger partial charge in [0.2, 0.25) is 5.89 Å². The molecule has 1 aromatic heterocycles. The monoisotopic (exact) mass is 275 g/mol. The first-order chi connectivity index (χ1) is 9.62. The van der Waals surface area contributed by atoms with E-state index in [1.807, 2.05) is 51.1 Å². The van der Waals surface area contributed by atoms with E-state index in [4.69, 9.17) is 9.26 Å². The van der Waals surface area contributed by atoms with Crippen molar-refractivity contribution in [3.05, 3.63) is 42.0 Å². The van der Waals surface area contributed by atoms with Crippen LogP contribution in [0.25, 0.3) is 0 Å². The number of para-hydroxylation sites is 1. The summed E-state index contributed by atoms with van der Waals surface area (Å²) in [6.07, 6.45) is 0.626. The van der Waals surface area contributed by atoms with E-state index in [-0.39, 0.29) is 5.54 Å². The maximum absolute atomic E-state index is 5.62. The molecular formula is C15H21N3O2. The van der Waals surface area contributed by atoms with Crippen LogP contribution in [-0.4, -0.2) is 23.3 Å². The van der Waals surface area contributed by atoms with Crippen LogP contribution in [0.1, 0.15) is 32.5 Å². The number of nitrogens with zero attached hydrogens (tertiary/aromatic N) is 2. The van der Waals surface area contributed by atoms with Crippen molar-refractivity contribution in [2.45, 2.75) is 32.7 Å². The molecule has 0 aliphatic carbocycles. The summed E-state index contributed by atoms with van der Waals surface area (Å²) >= 11 is 0. The summed E-state index contributed by atoms with van der Waals surface area (Å²) in [5.74, 6) is 2.13. The van der Waals surface area contributed by atoms with Gasteiger partial charge in [-0.3, -0.25) is 0 Å². The lowest BCUT2D eigenvalue weighted by molar-refractivity contribution is 0.269. The van der Waals surface area contributed by atoms with E-state index in [1.165, 1.54) is 0 Å². The second kappa shape index (κ2) is 6.52. The third kappa shape index (κ3) is 3.81. The number of benzene rings is 1. The summed E-state index contributed by atoms with van der Waals surface area (Å²) in [4.78, 5) is 4.41. The standard InChI is InChI=1S/C15H21N3O2/c1-4-16-15(2,3)14-17-13(18-20-14)10-11-19-12-8-6-5-7-9-12/h5-9,16H,4,10-11H2,1-3H3. The van der Waals surface area contributed by atoms with Gasteiger partial charge in [-0.15, -0.1) is 0 Å². The van der Waals surface area contributed by atoms with Gasteiger partial charge < -0.3 is 14.6 Å². The highest BCUT2D eigenvalue weighted by Gasteiger charge is 2.26. The lowest BCUT2D eigenvalue weighted by Crippen LogP contribution is -2.36. The van der Waals surface area contributed by atoms with Crippen molar-refractivity contribution in [3.8, 4) is 5.75 Å². The molecule has 5 heteroatoms. The predicted octanol–water partition coefficient (Wildman–Crippen LogP) is 2.54. The zero-order valence-electron chi connectivity index (χ0n) is 12.2. The Kier molecular flexibility index (Phi) is 4.74. The normalized spacial score (nSPS) is 11.6. The lowest BCUT2D eigenvalue weighted by atomic mass is 10.1. The number of aromatic nitrogens is 2. The highest BCUT2D eigenvalue weighted by atomic mass is 16.5. The van der Waals surface area contributed by atoms with Crippen LogP contribution in [0, 0.1) is 0 Å². The average Bonchev–Trinajstić information content (AvgIpc) is 2.90. The first-order valence-electron chi connectivity index (χ1n) is 6.88. The van der Waals surface area contributed by atoms with E-state index >= 15 is 0 Å². The third-order valence-electron chi connectivity index (χ3n) is 2.96. The smallest absolute Gasteiger partial charge is 0.246 e. The molecular weight excluding hydrogens is 254 g/mol. The van der Waals surface area contributed by atoms with Crippen molar-refractivity contribution in [2.75, 3.05) is 13.2 Å². The molecule has 0 aliphatic heterocycles. The van der Waals surface area contributed by atoms with Crippen LogP contribution in [0.15, 0.2) is 34.9 Å². The van der Waals surface area contributed by atoms with Gasteiger partial charge in [-0.2, -0.15) is 4.98 Å². The first-order valence-corrected chi connectivity index (χ1v) is 6.88. The van der Waals surface area contributed by atoms with Crippen LogP contribution in [0.4, 0.5) is 0 Å². The fraction of sp³-hybridized carbons (Fsp3) is 0.467. The molecule has 1 aromatic carbocycles. The van der Waals surface area contributed by atoms with Gasteiger partial charge in [-0.05, 0) is 32.5 Å². The summed E-state index contributed by atoms with van der Waals surface area (Å²) in [7, 11) is 0. The minimum atomic E-state index is -0.305. The van der Waals surface area contributed by atoms with Gasteiger partial charge in [0.25, 0.3) is 0 Å². The molecule has 0 saturated heterocycles. The molecule has 0 aliphatic rings. The van der Waals surface area contributed by atoms with E-state index in [2.05, 4.69) is 15.5 Å². The Balaban J connectivity index is 1.87. The largest absolute Gasteiger partial charge is 0.493 e. The molecule has 1 N–H and O–H groups in total. The minimum Gasteiger partial charge on any atom is -0.493 e. The summed E-state index contributed by atoms with van der Waals surface area (Å²) in [6.45, 7) is 7.47. The SMILES string of the molecule is CCNC(C)(C)c1nc(CCOc2ccccc2)no1. The molecule has 20 heavy (non-hydrogen) atoms. The van der Waals surface area contributed by atoms with Crippen molar-refractivity contribution in [1.82, 2.24) is 15.5 Å². The van der Waals surface area contributed by atoms with Crippen molar-refractivity contribution in [2.24, 2.45) is 0 Å². The van der Waals surface area contributed by atoms with Crippen molar-refractivity contribution in [3.63, 3.8) is 0 Å². The Bertz CT molecular complexity index is 523. The zero-order chi connectivity index (χ0) is 14.4. The maximum atomic E-state index is 5.62. The van der Waals surface area contributed by atoms with Crippen LogP contribution in [0.2, 0.25) is 0 Å². The zero-order valence-corrected chi connectivity index (χ0v) is 12.2. The van der Waals surface area contributed by atoms with E-state index in [9.17, 15) is 0 Å². The lowest BCUT2D eigenvalue weighted by Gasteiger charge is -2.20. The highest BCUT2D eigenvalue weighted by Crippen LogP contribution is 2.17. The molecule has 0 atom stereocenters. The third-order valence-corrected chi connectivity index (χ3v) is 2.96. The van der Waals surface area contributed by atoms with Gasteiger partial charge in [0, 0.05) is 6.42 Å².